The highest BCUT2D eigenvalue weighted by Gasteiger charge is 2.30. The summed E-state index contributed by atoms with van der Waals surface area (Å²) in [6.07, 6.45) is 5.02. The lowest BCUT2D eigenvalue weighted by Crippen LogP contribution is -2.07. The minimum atomic E-state index is -0.161. The summed E-state index contributed by atoms with van der Waals surface area (Å²) in [6, 6.07) is 11.1. The number of benzene rings is 1. The van der Waals surface area contributed by atoms with E-state index in [2.05, 4.69) is 21.4 Å². The number of fused-ring (bicyclic) bond motifs is 3. The van der Waals surface area contributed by atoms with E-state index in [9.17, 15) is 10.1 Å². The second-order valence-corrected chi connectivity index (χ2v) is 8.49. The molecule has 0 saturated heterocycles. The Kier molecular flexibility index (Phi) is 4.77. The molecule has 0 atom stereocenters. The van der Waals surface area contributed by atoms with Gasteiger partial charge < -0.3 is 5.32 Å². The Morgan fingerprint density at radius 3 is 2.90 bits per heavy atom. The van der Waals surface area contributed by atoms with E-state index in [1.165, 1.54) is 18.3 Å². The number of thiazole rings is 1. The maximum absolute atomic E-state index is 11.5. The topological polar surface area (TPSA) is 96.5 Å². The van der Waals surface area contributed by atoms with Gasteiger partial charge in [0.05, 0.1) is 44.3 Å². The maximum atomic E-state index is 11.5. The van der Waals surface area contributed by atoms with Gasteiger partial charge in [-0.3, -0.25) is 9.78 Å². The first-order valence-electron chi connectivity index (χ1n) is 9.55. The van der Waals surface area contributed by atoms with Crippen molar-refractivity contribution in [2.45, 2.75) is 19.8 Å². The number of hydrogen-bond donors (Lipinski definition) is 1. The molecule has 3 aromatic heterocycles. The maximum Gasteiger partial charge on any atom is 0.223 e. The third-order valence-electron chi connectivity index (χ3n) is 5.03. The SMILES string of the molecule is CC(=O)Nc1nc2c(s1)-c1c(c(-c3cccnc3)nn1-c1ccc(C#N)cc1Cl)CC2. The molecule has 31 heavy (non-hydrogen) atoms. The number of carbonyl (C=O) groups is 1. The molecule has 4 aromatic rings. The molecule has 7 nitrogen and oxygen atoms in total. The van der Waals surface area contributed by atoms with Crippen LogP contribution in [0.4, 0.5) is 5.13 Å². The zero-order valence-corrected chi connectivity index (χ0v) is 18.0. The van der Waals surface area contributed by atoms with Crippen molar-refractivity contribution in [3.8, 4) is 33.6 Å². The zero-order valence-electron chi connectivity index (χ0n) is 16.4. The summed E-state index contributed by atoms with van der Waals surface area (Å²) >= 11 is 7.97. The summed E-state index contributed by atoms with van der Waals surface area (Å²) in [5, 5.41) is 17.9. The molecular formula is C22H15ClN6OS. The van der Waals surface area contributed by atoms with Crippen molar-refractivity contribution in [2.75, 3.05) is 5.32 Å². The fourth-order valence-corrected chi connectivity index (χ4v) is 5.11. The fraction of sp³-hybridized carbons (Fsp3) is 0.136. The van der Waals surface area contributed by atoms with E-state index in [0.29, 0.717) is 21.4 Å². The van der Waals surface area contributed by atoms with Crippen LogP contribution >= 0.6 is 22.9 Å². The van der Waals surface area contributed by atoms with Crippen molar-refractivity contribution < 1.29 is 4.79 Å². The number of aromatic nitrogens is 4. The van der Waals surface area contributed by atoms with Gasteiger partial charge in [-0.15, -0.1) is 0 Å². The molecular weight excluding hydrogens is 432 g/mol. The Morgan fingerprint density at radius 1 is 1.32 bits per heavy atom. The third-order valence-corrected chi connectivity index (χ3v) is 6.35. The normalized spacial score (nSPS) is 12.0. The Hall–Kier alpha value is -3.54. The molecule has 0 bridgehead atoms. The van der Waals surface area contributed by atoms with Gasteiger partial charge in [0, 0.05) is 30.4 Å². The first-order valence-corrected chi connectivity index (χ1v) is 10.7. The second-order valence-electron chi connectivity index (χ2n) is 7.08. The minimum Gasteiger partial charge on any atom is -0.302 e. The number of carbonyl (C=O) groups excluding carboxylic acids is 1. The molecule has 1 N–H and O–H groups in total. The van der Waals surface area contributed by atoms with Gasteiger partial charge in [0.1, 0.15) is 0 Å². The number of nitrogens with one attached hydrogen (secondary N) is 1. The molecule has 5 rings (SSSR count). The summed E-state index contributed by atoms with van der Waals surface area (Å²) in [6.45, 7) is 1.47. The van der Waals surface area contributed by atoms with Crippen LogP contribution in [0.1, 0.15) is 23.7 Å². The van der Waals surface area contributed by atoms with Crippen LogP contribution in [0.25, 0.3) is 27.5 Å². The van der Waals surface area contributed by atoms with E-state index in [0.717, 1.165) is 45.9 Å². The van der Waals surface area contributed by atoms with Crippen molar-refractivity contribution in [2.24, 2.45) is 0 Å². The van der Waals surface area contributed by atoms with Gasteiger partial charge in [-0.05, 0) is 43.2 Å². The standard InChI is InChI=1S/C22H15ClN6OS/c1-12(30)26-22-27-17-6-5-15-19(14-3-2-8-25-11-14)28-29(20(15)21(17)31-22)18-7-4-13(10-24)9-16(18)23/h2-4,7-9,11H,5-6H2,1H3,(H,26,27,30). The lowest BCUT2D eigenvalue weighted by atomic mass is 9.95. The van der Waals surface area contributed by atoms with E-state index in [1.807, 2.05) is 16.8 Å². The molecule has 152 valence electrons. The van der Waals surface area contributed by atoms with Gasteiger partial charge >= 0.3 is 0 Å². The number of pyridine rings is 1. The number of aryl methyl sites for hydroxylation is 1. The largest absolute Gasteiger partial charge is 0.302 e. The van der Waals surface area contributed by atoms with Crippen molar-refractivity contribution in [3.05, 3.63) is 64.6 Å². The molecule has 1 amide bonds. The number of rotatable bonds is 3. The first kappa shape index (κ1) is 19.4. The predicted molar refractivity (Wildman–Crippen MR) is 119 cm³/mol. The van der Waals surface area contributed by atoms with Crippen LogP contribution in [-0.2, 0) is 17.6 Å². The first-order chi connectivity index (χ1) is 15.0. The summed E-state index contributed by atoms with van der Waals surface area (Å²) in [5.74, 6) is -0.161. The summed E-state index contributed by atoms with van der Waals surface area (Å²) < 4.78 is 1.81. The van der Waals surface area contributed by atoms with Crippen molar-refractivity contribution in [3.63, 3.8) is 0 Å². The van der Waals surface area contributed by atoms with Crippen molar-refractivity contribution >= 4 is 34.0 Å². The van der Waals surface area contributed by atoms with E-state index >= 15 is 0 Å². The summed E-state index contributed by atoms with van der Waals surface area (Å²) in [7, 11) is 0. The molecule has 0 aliphatic heterocycles. The average Bonchev–Trinajstić information content (AvgIpc) is 3.34. The number of halogens is 1. The number of anilines is 1. The molecule has 0 radical (unpaired) electrons. The molecule has 0 fully saturated rings. The number of hydrogen-bond acceptors (Lipinski definition) is 6. The molecule has 1 aliphatic carbocycles. The summed E-state index contributed by atoms with van der Waals surface area (Å²) in [4.78, 5) is 21.4. The van der Waals surface area contributed by atoms with E-state index in [1.54, 1.807) is 30.6 Å². The van der Waals surface area contributed by atoms with Crippen LogP contribution in [0.3, 0.4) is 0 Å². The predicted octanol–water partition coefficient (Wildman–Crippen LogP) is 4.64. The van der Waals surface area contributed by atoms with Crippen LogP contribution in [-0.4, -0.2) is 25.7 Å². The van der Waals surface area contributed by atoms with Crippen LogP contribution in [0.5, 0.6) is 0 Å². The number of nitriles is 1. The van der Waals surface area contributed by atoms with Crippen LogP contribution in [0.2, 0.25) is 5.02 Å². The van der Waals surface area contributed by atoms with Crippen LogP contribution < -0.4 is 5.32 Å². The smallest absolute Gasteiger partial charge is 0.223 e. The van der Waals surface area contributed by atoms with Crippen LogP contribution in [0.15, 0.2) is 42.7 Å². The van der Waals surface area contributed by atoms with Gasteiger partial charge in [0.25, 0.3) is 0 Å². The van der Waals surface area contributed by atoms with E-state index in [4.69, 9.17) is 16.7 Å². The molecule has 3 heterocycles. The van der Waals surface area contributed by atoms with Crippen LogP contribution in [0, 0.1) is 11.3 Å². The van der Waals surface area contributed by atoms with Gasteiger partial charge in [-0.25, -0.2) is 9.67 Å². The molecule has 0 unspecified atom stereocenters. The highest BCUT2D eigenvalue weighted by Crippen LogP contribution is 2.44. The molecule has 0 saturated carbocycles. The Bertz CT molecular complexity index is 1370. The quantitative estimate of drug-likeness (QED) is 0.494. The number of amides is 1. The second kappa shape index (κ2) is 7.61. The van der Waals surface area contributed by atoms with Gasteiger partial charge in [-0.2, -0.15) is 10.4 Å². The average molecular weight is 447 g/mol. The van der Waals surface area contributed by atoms with Crippen molar-refractivity contribution in [1.29, 1.82) is 5.26 Å². The number of nitrogens with zero attached hydrogens (tertiary/aromatic N) is 5. The highest BCUT2D eigenvalue weighted by atomic mass is 35.5. The van der Waals surface area contributed by atoms with E-state index in [-0.39, 0.29) is 5.91 Å². The fourth-order valence-electron chi connectivity index (χ4n) is 3.73. The zero-order chi connectivity index (χ0) is 21.5. The third kappa shape index (κ3) is 3.38. The molecule has 1 aromatic carbocycles. The van der Waals surface area contributed by atoms with Crippen molar-refractivity contribution in [1.82, 2.24) is 19.7 Å². The van der Waals surface area contributed by atoms with E-state index < -0.39 is 0 Å². The lowest BCUT2D eigenvalue weighted by molar-refractivity contribution is -0.114. The van der Waals surface area contributed by atoms with Gasteiger partial charge in [0.2, 0.25) is 5.91 Å². The lowest BCUT2D eigenvalue weighted by Gasteiger charge is -2.15. The Morgan fingerprint density at radius 2 is 2.19 bits per heavy atom. The molecule has 9 heteroatoms. The minimum absolute atomic E-state index is 0.161. The molecule has 1 aliphatic rings. The monoisotopic (exact) mass is 446 g/mol. The molecule has 0 spiro atoms. The highest BCUT2D eigenvalue weighted by molar-refractivity contribution is 7.19. The summed E-state index contributed by atoms with van der Waals surface area (Å²) in [5.41, 5.74) is 5.81. The van der Waals surface area contributed by atoms with Gasteiger partial charge in [0.15, 0.2) is 5.13 Å². The Labute approximate surface area is 187 Å². The van der Waals surface area contributed by atoms with Gasteiger partial charge in [-0.1, -0.05) is 22.9 Å². The Balaban J connectivity index is 1.76.